The molecular weight excluding hydrogens is 384 g/mol. The molecule has 0 fully saturated rings. The molecule has 0 aromatic heterocycles. The third-order valence-electron chi connectivity index (χ3n) is 5.04. The summed E-state index contributed by atoms with van der Waals surface area (Å²) in [6, 6.07) is 14.7. The zero-order chi connectivity index (χ0) is 20.5. The minimum atomic E-state index is 0. The van der Waals surface area contributed by atoms with E-state index in [0.29, 0.717) is 0 Å². The van der Waals surface area contributed by atoms with Gasteiger partial charge in [-0.15, -0.1) is 11.5 Å². The average Bonchev–Trinajstić information content (AvgIpc) is 2.71. The summed E-state index contributed by atoms with van der Waals surface area (Å²) >= 11 is 0. The molecule has 3 heteroatoms. The van der Waals surface area contributed by atoms with Gasteiger partial charge in [-0.1, -0.05) is 125 Å². The molecule has 0 atom stereocenters. The Morgan fingerprint density at radius 1 is 0.517 bits per heavy atom. The summed E-state index contributed by atoms with van der Waals surface area (Å²) < 4.78 is 0. The molecule has 2 aromatic carbocycles. The van der Waals surface area contributed by atoms with Gasteiger partial charge in [0, 0.05) is 0 Å². The van der Waals surface area contributed by atoms with E-state index in [0.717, 1.165) is 36.8 Å². The van der Waals surface area contributed by atoms with E-state index >= 15 is 0 Å². The van der Waals surface area contributed by atoms with Gasteiger partial charge in [0.1, 0.15) is 0 Å². The number of para-hydroxylation sites is 2. The first-order chi connectivity index (χ1) is 13.7. The maximum atomic E-state index is 11.3. The van der Waals surface area contributed by atoms with E-state index in [4.69, 9.17) is 0 Å². The Bertz CT molecular complexity index is 572. The molecule has 0 saturated carbocycles. The van der Waals surface area contributed by atoms with Crippen molar-refractivity contribution in [2.24, 2.45) is 0 Å². The van der Waals surface area contributed by atoms with Gasteiger partial charge in [0.25, 0.3) is 0 Å². The van der Waals surface area contributed by atoms with Crippen molar-refractivity contribution < 1.29 is 10.2 Å². The van der Waals surface area contributed by atoms with E-state index in [2.05, 4.69) is 13.8 Å². The molecule has 0 aliphatic heterocycles. The molecule has 2 nitrogen and oxygen atoms in total. The van der Waals surface area contributed by atoms with Gasteiger partial charge in [0.05, 0.1) is 0 Å². The van der Waals surface area contributed by atoms with Crippen molar-refractivity contribution in [3.63, 3.8) is 0 Å². The number of hydrogen-bond donors (Lipinski definition) is 0. The van der Waals surface area contributed by atoms with E-state index in [1.165, 1.54) is 51.4 Å². The molecule has 156 valence electrons. The molecular formula is C26H38CaO2. The van der Waals surface area contributed by atoms with Crippen LogP contribution in [0.2, 0.25) is 0 Å². The van der Waals surface area contributed by atoms with E-state index < -0.39 is 0 Å². The predicted octanol–water partition coefficient (Wildman–Crippen LogP) is 6.17. The monoisotopic (exact) mass is 422 g/mol. The zero-order valence-electron chi connectivity index (χ0n) is 18.6. The van der Waals surface area contributed by atoms with Gasteiger partial charge in [-0.05, 0) is 25.7 Å². The van der Waals surface area contributed by atoms with Crippen molar-refractivity contribution in [3.8, 4) is 11.5 Å². The Hall–Kier alpha value is -0.700. The Kier molecular flexibility index (Phi) is 18.8. The van der Waals surface area contributed by atoms with Crippen LogP contribution in [0.25, 0.3) is 0 Å². The second-order valence-electron chi connectivity index (χ2n) is 7.54. The summed E-state index contributed by atoms with van der Waals surface area (Å²) in [7, 11) is 0. The molecule has 0 aliphatic carbocycles. The second-order valence-corrected chi connectivity index (χ2v) is 7.54. The molecule has 0 saturated heterocycles. The van der Waals surface area contributed by atoms with Crippen LogP contribution in [0.3, 0.4) is 0 Å². The molecule has 0 heterocycles. The second kappa shape index (κ2) is 19.3. The summed E-state index contributed by atoms with van der Waals surface area (Å²) in [6.07, 6.45) is 14.5. The summed E-state index contributed by atoms with van der Waals surface area (Å²) in [5.41, 5.74) is 1.95. The van der Waals surface area contributed by atoms with Gasteiger partial charge in [0.15, 0.2) is 0 Å². The van der Waals surface area contributed by atoms with E-state index in [9.17, 15) is 10.2 Å². The third-order valence-corrected chi connectivity index (χ3v) is 5.04. The van der Waals surface area contributed by atoms with Gasteiger partial charge in [-0.3, -0.25) is 0 Å². The largest absolute Gasteiger partial charge is 2.00 e. The normalized spacial score (nSPS) is 10.0. The Morgan fingerprint density at radius 3 is 1.21 bits per heavy atom. The molecule has 0 spiro atoms. The maximum Gasteiger partial charge on any atom is 2.00 e. The fourth-order valence-electron chi connectivity index (χ4n) is 3.26. The van der Waals surface area contributed by atoms with Gasteiger partial charge in [-0.2, -0.15) is 0 Å². The smallest absolute Gasteiger partial charge is 0.872 e. The van der Waals surface area contributed by atoms with Crippen molar-refractivity contribution in [2.75, 3.05) is 0 Å². The van der Waals surface area contributed by atoms with Crippen LogP contribution in [-0.2, 0) is 12.8 Å². The van der Waals surface area contributed by atoms with E-state index in [1.807, 2.05) is 36.4 Å². The van der Waals surface area contributed by atoms with Crippen LogP contribution in [0.5, 0.6) is 11.5 Å². The quantitative estimate of drug-likeness (QED) is 0.303. The molecule has 2 rings (SSSR count). The van der Waals surface area contributed by atoms with Crippen molar-refractivity contribution in [3.05, 3.63) is 59.7 Å². The third kappa shape index (κ3) is 14.0. The summed E-state index contributed by atoms with van der Waals surface area (Å²) in [5, 5.41) is 22.7. The minimum Gasteiger partial charge on any atom is -0.872 e. The SMILES string of the molecule is CCCCCCCc1ccccc1[O-].CCCCCCCc1ccccc1[O-].[Ca+2]. The molecule has 0 radical (unpaired) electrons. The zero-order valence-corrected chi connectivity index (χ0v) is 20.8. The molecule has 2 aromatic rings. The summed E-state index contributed by atoms with van der Waals surface area (Å²) in [4.78, 5) is 0. The van der Waals surface area contributed by atoms with Crippen LogP contribution in [0, 0.1) is 0 Å². The molecule has 0 bridgehead atoms. The molecule has 0 aliphatic rings. The van der Waals surface area contributed by atoms with Crippen LogP contribution >= 0.6 is 0 Å². The first-order valence-electron chi connectivity index (χ1n) is 11.2. The first kappa shape index (κ1) is 28.3. The van der Waals surface area contributed by atoms with Crippen LogP contribution in [-0.4, -0.2) is 37.7 Å². The number of unbranched alkanes of at least 4 members (excludes halogenated alkanes) is 8. The van der Waals surface area contributed by atoms with Gasteiger partial charge in [0.2, 0.25) is 0 Å². The molecule has 0 N–H and O–H groups in total. The van der Waals surface area contributed by atoms with E-state index in [1.54, 1.807) is 12.1 Å². The average molecular weight is 423 g/mol. The Labute approximate surface area is 208 Å². The fraction of sp³-hybridized carbons (Fsp3) is 0.538. The topological polar surface area (TPSA) is 46.1 Å². The number of rotatable bonds is 12. The van der Waals surface area contributed by atoms with Crippen LogP contribution in [0.15, 0.2) is 48.5 Å². The fourth-order valence-corrected chi connectivity index (χ4v) is 3.26. The van der Waals surface area contributed by atoms with Crippen molar-refractivity contribution in [1.82, 2.24) is 0 Å². The Balaban J connectivity index is 0.000000523. The number of hydrogen-bond acceptors (Lipinski definition) is 2. The summed E-state index contributed by atoms with van der Waals surface area (Å²) in [5.74, 6) is 0.394. The van der Waals surface area contributed by atoms with Crippen LogP contribution in [0.1, 0.15) is 89.2 Å². The van der Waals surface area contributed by atoms with Crippen molar-refractivity contribution >= 4 is 37.7 Å². The van der Waals surface area contributed by atoms with E-state index in [-0.39, 0.29) is 49.2 Å². The minimum absolute atomic E-state index is 0. The van der Waals surface area contributed by atoms with Gasteiger partial charge >= 0.3 is 37.7 Å². The maximum absolute atomic E-state index is 11.3. The molecule has 0 amide bonds. The number of benzene rings is 2. The van der Waals surface area contributed by atoms with Crippen molar-refractivity contribution in [1.29, 1.82) is 0 Å². The van der Waals surface area contributed by atoms with Crippen molar-refractivity contribution in [2.45, 2.75) is 90.9 Å². The Morgan fingerprint density at radius 2 is 0.862 bits per heavy atom. The van der Waals surface area contributed by atoms with Crippen LogP contribution in [0.4, 0.5) is 0 Å². The predicted molar refractivity (Wildman–Crippen MR) is 122 cm³/mol. The van der Waals surface area contributed by atoms with Gasteiger partial charge < -0.3 is 10.2 Å². The first-order valence-corrected chi connectivity index (χ1v) is 11.2. The molecule has 29 heavy (non-hydrogen) atoms. The molecule has 0 unspecified atom stereocenters. The van der Waals surface area contributed by atoms with Gasteiger partial charge in [-0.25, -0.2) is 0 Å². The standard InChI is InChI=1S/2C13H20O.Ca/c2*1-2-3-4-5-6-9-12-10-7-8-11-13(12)14;/h2*7-8,10-11,14H,2-6,9H2,1H3;/q;;+2/p-2. The summed E-state index contributed by atoms with van der Waals surface area (Å²) in [6.45, 7) is 4.43. The number of aryl methyl sites for hydroxylation is 2. The van der Waals surface area contributed by atoms with Crippen LogP contribution < -0.4 is 10.2 Å².